The van der Waals surface area contributed by atoms with Gasteiger partial charge < -0.3 is 9.84 Å². The second-order valence-electron chi connectivity index (χ2n) is 2.96. The maximum atomic E-state index is 11.8. The minimum atomic E-state index is -3.52. The molecule has 2 N–H and O–H groups in total. The molecule has 5 nitrogen and oxygen atoms in total. The molecular weight excluding hydrogens is 250 g/mol. The maximum absolute atomic E-state index is 11.8. The predicted molar refractivity (Wildman–Crippen MR) is 61.9 cm³/mol. The smallest absolute Gasteiger partial charge is 0.241 e. The van der Waals surface area contributed by atoms with E-state index in [-0.39, 0.29) is 18.0 Å². The number of aliphatic hydroxyl groups is 1. The molecule has 0 amide bonds. The van der Waals surface area contributed by atoms with E-state index >= 15 is 0 Å². The lowest BCUT2D eigenvalue weighted by molar-refractivity contribution is 0.153. The maximum Gasteiger partial charge on any atom is 0.241 e. The highest BCUT2D eigenvalue weighted by Gasteiger charge is 2.18. The number of thiophene rings is 1. The van der Waals surface area contributed by atoms with Gasteiger partial charge in [0.05, 0.1) is 18.1 Å². The molecular formula is C9H15NO4S2. The monoisotopic (exact) mass is 265 g/mol. The Balaban J connectivity index is 2.64. The molecule has 0 radical (unpaired) electrons. The third kappa shape index (κ3) is 3.53. The van der Waals surface area contributed by atoms with Crippen molar-refractivity contribution < 1.29 is 18.3 Å². The molecule has 1 aromatic rings. The molecule has 0 saturated heterocycles. The van der Waals surface area contributed by atoms with Gasteiger partial charge in [0.15, 0.2) is 0 Å². The van der Waals surface area contributed by atoms with Gasteiger partial charge in [-0.1, -0.05) is 0 Å². The third-order valence-electron chi connectivity index (χ3n) is 1.88. The van der Waals surface area contributed by atoms with Crippen molar-refractivity contribution in [1.29, 1.82) is 0 Å². The van der Waals surface area contributed by atoms with E-state index in [9.17, 15) is 8.42 Å². The van der Waals surface area contributed by atoms with Crippen LogP contribution in [0.3, 0.4) is 0 Å². The SMILES string of the molecule is CCOCCNS(=O)(=O)c1ccsc1CO. The zero-order valence-electron chi connectivity index (χ0n) is 8.97. The Morgan fingerprint density at radius 1 is 1.56 bits per heavy atom. The summed E-state index contributed by atoms with van der Waals surface area (Å²) in [5.74, 6) is 0. The highest BCUT2D eigenvalue weighted by Crippen LogP contribution is 2.21. The Labute approximate surface area is 99.1 Å². The Bertz CT molecular complexity index is 413. The van der Waals surface area contributed by atoms with Crippen molar-refractivity contribution in [3.05, 3.63) is 16.3 Å². The zero-order valence-corrected chi connectivity index (χ0v) is 10.6. The normalized spacial score (nSPS) is 11.9. The van der Waals surface area contributed by atoms with Crippen LogP contribution in [0.4, 0.5) is 0 Å². The number of ether oxygens (including phenoxy) is 1. The van der Waals surface area contributed by atoms with Crippen molar-refractivity contribution in [3.8, 4) is 0 Å². The number of hydrogen-bond acceptors (Lipinski definition) is 5. The average Bonchev–Trinajstić information content (AvgIpc) is 2.73. The van der Waals surface area contributed by atoms with Crippen LogP contribution in [0.15, 0.2) is 16.3 Å². The first-order chi connectivity index (χ1) is 7.61. The van der Waals surface area contributed by atoms with E-state index in [1.807, 2.05) is 6.92 Å². The largest absolute Gasteiger partial charge is 0.391 e. The average molecular weight is 265 g/mol. The van der Waals surface area contributed by atoms with E-state index < -0.39 is 10.0 Å². The molecule has 0 unspecified atom stereocenters. The van der Waals surface area contributed by atoms with Gasteiger partial charge in [0, 0.05) is 18.0 Å². The number of nitrogens with one attached hydrogen (secondary N) is 1. The van der Waals surface area contributed by atoms with Gasteiger partial charge in [0.25, 0.3) is 0 Å². The Morgan fingerprint density at radius 2 is 2.31 bits per heavy atom. The van der Waals surface area contributed by atoms with Crippen LogP contribution >= 0.6 is 11.3 Å². The van der Waals surface area contributed by atoms with E-state index in [1.54, 1.807) is 5.38 Å². The summed E-state index contributed by atoms with van der Waals surface area (Å²) in [6.07, 6.45) is 0. The molecule has 0 saturated carbocycles. The quantitative estimate of drug-likeness (QED) is 0.706. The van der Waals surface area contributed by atoms with Crippen LogP contribution in [-0.2, 0) is 21.4 Å². The summed E-state index contributed by atoms with van der Waals surface area (Å²) >= 11 is 1.22. The van der Waals surface area contributed by atoms with Gasteiger partial charge in [-0.3, -0.25) is 0 Å². The van der Waals surface area contributed by atoms with E-state index in [0.29, 0.717) is 18.1 Å². The van der Waals surface area contributed by atoms with Crippen LogP contribution in [0.5, 0.6) is 0 Å². The molecule has 0 aromatic carbocycles. The highest BCUT2D eigenvalue weighted by atomic mass is 32.2. The summed E-state index contributed by atoms with van der Waals surface area (Å²) in [7, 11) is -3.52. The minimum absolute atomic E-state index is 0.150. The predicted octanol–water partition coefficient (Wildman–Crippen LogP) is 0.555. The number of sulfonamides is 1. The van der Waals surface area contributed by atoms with Crippen LogP contribution < -0.4 is 4.72 Å². The summed E-state index contributed by atoms with van der Waals surface area (Å²) in [4.78, 5) is 0.598. The molecule has 92 valence electrons. The molecule has 0 fully saturated rings. The third-order valence-corrected chi connectivity index (χ3v) is 4.46. The van der Waals surface area contributed by atoms with Crippen molar-refractivity contribution >= 4 is 21.4 Å². The van der Waals surface area contributed by atoms with Crippen LogP contribution in [0, 0.1) is 0 Å². The van der Waals surface area contributed by atoms with Gasteiger partial charge in [0.2, 0.25) is 10.0 Å². The summed E-state index contributed by atoms with van der Waals surface area (Å²) in [6, 6.07) is 1.49. The molecule has 16 heavy (non-hydrogen) atoms. The topological polar surface area (TPSA) is 75.6 Å². The minimum Gasteiger partial charge on any atom is -0.391 e. The lowest BCUT2D eigenvalue weighted by Crippen LogP contribution is -2.27. The van der Waals surface area contributed by atoms with Gasteiger partial charge in [-0.25, -0.2) is 13.1 Å². The highest BCUT2D eigenvalue weighted by molar-refractivity contribution is 7.89. The Hall–Kier alpha value is -0.470. The fourth-order valence-electron chi connectivity index (χ4n) is 1.15. The molecule has 0 aliphatic carbocycles. The number of rotatable bonds is 7. The summed E-state index contributed by atoms with van der Waals surface area (Å²) in [5.41, 5.74) is 0. The first-order valence-electron chi connectivity index (χ1n) is 4.86. The van der Waals surface area contributed by atoms with E-state index in [0.717, 1.165) is 0 Å². The first-order valence-corrected chi connectivity index (χ1v) is 7.22. The van der Waals surface area contributed by atoms with Gasteiger partial charge >= 0.3 is 0 Å². The van der Waals surface area contributed by atoms with Crippen molar-refractivity contribution in [3.63, 3.8) is 0 Å². The van der Waals surface area contributed by atoms with Crippen molar-refractivity contribution in [2.45, 2.75) is 18.4 Å². The van der Waals surface area contributed by atoms with Gasteiger partial charge in [-0.15, -0.1) is 11.3 Å². The Morgan fingerprint density at radius 3 is 2.94 bits per heavy atom. The zero-order chi connectivity index (χ0) is 12.0. The molecule has 0 bridgehead atoms. The number of hydrogen-bond donors (Lipinski definition) is 2. The van der Waals surface area contributed by atoms with E-state index in [2.05, 4.69) is 4.72 Å². The van der Waals surface area contributed by atoms with Crippen molar-refractivity contribution in [1.82, 2.24) is 4.72 Å². The van der Waals surface area contributed by atoms with Crippen molar-refractivity contribution in [2.24, 2.45) is 0 Å². The second kappa shape index (κ2) is 6.31. The molecule has 0 aliphatic rings. The molecule has 0 spiro atoms. The molecule has 0 aliphatic heterocycles. The summed E-state index contributed by atoms with van der Waals surface area (Å²) in [5, 5.41) is 10.6. The first kappa shape index (κ1) is 13.6. The lowest BCUT2D eigenvalue weighted by atomic mass is 10.5. The van der Waals surface area contributed by atoms with Crippen LogP contribution in [0.25, 0.3) is 0 Å². The fraction of sp³-hybridized carbons (Fsp3) is 0.556. The van der Waals surface area contributed by atoms with Gasteiger partial charge in [-0.2, -0.15) is 0 Å². The van der Waals surface area contributed by atoms with Crippen molar-refractivity contribution in [2.75, 3.05) is 19.8 Å². The molecule has 7 heteroatoms. The van der Waals surface area contributed by atoms with Gasteiger partial charge in [0.1, 0.15) is 0 Å². The van der Waals surface area contributed by atoms with Crippen LogP contribution in [0.2, 0.25) is 0 Å². The Kier molecular flexibility index (Phi) is 5.36. The molecule has 0 atom stereocenters. The number of aliphatic hydroxyl groups excluding tert-OH is 1. The van der Waals surface area contributed by atoms with E-state index in [4.69, 9.17) is 9.84 Å². The summed E-state index contributed by atoms with van der Waals surface area (Å²) in [6.45, 7) is 2.71. The standard InChI is InChI=1S/C9H15NO4S2/c1-2-14-5-4-10-16(12,13)9-3-6-15-8(9)7-11/h3,6,10-11H,2,4-5,7H2,1H3. The van der Waals surface area contributed by atoms with Gasteiger partial charge in [-0.05, 0) is 18.4 Å². The molecule has 1 aromatic heterocycles. The van der Waals surface area contributed by atoms with E-state index in [1.165, 1.54) is 17.4 Å². The lowest BCUT2D eigenvalue weighted by Gasteiger charge is -2.06. The molecule has 1 rings (SSSR count). The fourth-order valence-corrected chi connectivity index (χ4v) is 3.46. The van der Waals surface area contributed by atoms with Crippen LogP contribution in [0.1, 0.15) is 11.8 Å². The second-order valence-corrected chi connectivity index (χ2v) is 5.70. The molecule has 1 heterocycles. The van der Waals surface area contributed by atoms with Crippen LogP contribution in [-0.4, -0.2) is 33.3 Å². The summed E-state index contributed by atoms with van der Waals surface area (Å²) < 4.78 is 31.0.